The highest BCUT2D eigenvalue weighted by Gasteiger charge is 2.12. The van der Waals surface area contributed by atoms with Gasteiger partial charge >= 0.3 is 5.97 Å². The van der Waals surface area contributed by atoms with Crippen LogP contribution in [0.4, 0.5) is 0 Å². The monoisotopic (exact) mass is 274 g/mol. The highest BCUT2D eigenvalue weighted by Crippen LogP contribution is 2.16. The van der Waals surface area contributed by atoms with E-state index in [1.54, 1.807) is 6.92 Å². The Hall–Kier alpha value is -2.97. The van der Waals surface area contributed by atoms with Gasteiger partial charge in [0.1, 0.15) is 0 Å². The molecule has 0 amide bonds. The lowest BCUT2D eigenvalue weighted by molar-refractivity contribution is -0.139. The highest BCUT2D eigenvalue weighted by atomic mass is 16.5. The number of carbonyl (C=O) groups excluding carboxylic acids is 1. The fourth-order valence-corrected chi connectivity index (χ4v) is 1.72. The first kappa shape index (κ1) is 14.4. The van der Waals surface area contributed by atoms with Crippen molar-refractivity contribution in [3.05, 3.63) is 71.8 Å². The van der Waals surface area contributed by atoms with E-state index in [0.717, 1.165) is 11.1 Å². The molecule has 0 aromatic heterocycles. The summed E-state index contributed by atoms with van der Waals surface area (Å²) < 4.78 is 5.31. The van der Waals surface area contributed by atoms with Crippen LogP contribution in [0.2, 0.25) is 0 Å². The third-order valence-corrected chi connectivity index (χ3v) is 2.68. The van der Waals surface area contributed by atoms with Crippen LogP contribution in [0.5, 0.6) is 0 Å². The number of carbonyl (C=O) groups is 1. The Morgan fingerprint density at radius 2 is 1.62 bits per heavy atom. The predicted molar refractivity (Wildman–Crippen MR) is 82.0 cm³/mol. The van der Waals surface area contributed by atoms with Gasteiger partial charge in [-0.15, -0.1) is 0 Å². The van der Waals surface area contributed by atoms with Crippen molar-refractivity contribution in [2.45, 2.75) is 13.0 Å². The molecule has 0 N–H and O–H groups in total. The van der Waals surface area contributed by atoms with Gasteiger partial charge in [-0.25, -0.2) is 4.79 Å². The van der Waals surface area contributed by atoms with Crippen LogP contribution in [-0.4, -0.2) is 5.97 Å². The number of benzene rings is 2. The number of esters is 1. The van der Waals surface area contributed by atoms with Crippen LogP contribution in [-0.2, 0) is 9.53 Å². The van der Waals surface area contributed by atoms with Crippen LogP contribution in [0, 0.1) is 23.7 Å². The van der Waals surface area contributed by atoms with E-state index in [2.05, 4.69) is 23.7 Å². The molecule has 2 aromatic carbocycles. The summed E-state index contributed by atoms with van der Waals surface area (Å²) in [6.45, 7) is 1.59. The van der Waals surface area contributed by atoms with Crippen molar-refractivity contribution in [1.29, 1.82) is 0 Å². The van der Waals surface area contributed by atoms with Gasteiger partial charge < -0.3 is 4.74 Å². The quantitative estimate of drug-likeness (QED) is 0.477. The van der Waals surface area contributed by atoms with E-state index in [0.29, 0.717) is 0 Å². The summed E-state index contributed by atoms with van der Waals surface area (Å²) in [5.41, 5.74) is 1.70. The molecule has 0 aliphatic heterocycles. The molecular formula is C19H14O2. The maximum Gasteiger partial charge on any atom is 0.385 e. The largest absolute Gasteiger partial charge is 0.435 e. The van der Waals surface area contributed by atoms with E-state index in [1.165, 1.54) is 0 Å². The molecule has 0 spiro atoms. The molecule has 2 rings (SSSR count). The summed E-state index contributed by atoms with van der Waals surface area (Å²) in [6.07, 6.45) is -0.625. The minimum Gasteiger partial charge on any atom is -0.435 e. The molecule has 0 aliphatic carbocycles. The zero-order valence-corrected chi connectivity index (χ0v) is 11.7. The van der Waals surface area contributed by atoms with Crippen LogP contribution in [0.15, 0.2) is 60.7 Å². The topological polar surface area (TPSA) is 26.3 Å². The van der Waals surface area contributed by atoms with Crippen LogP contribution in [0.1, 0.15) is 24.2 Å². The molecule has 21 heavy (non-hydrogen) atoms. The van der Waals surface area contributed by atoms with Gasteiger partial charge in [0.25, 0.3) is 0 Å². The van der Waals surface area contributed by atoms with Gasteiger partial charge in [-0.2, -0.15) is 0 Å². The van der Waals surface area contributed by atoms with Crippen LogP contribution < -0.4 is 0 Å². The lowest BCUT2D eigenvalue weighted by atomic mass is 10.1. The second-order valence-electron chi connectivity index (χ2n) is 4.21. The number of ether oxygens (including phenoxy) is 1. The summed E-state index contributed by atoms with van der Waals surface area (Å²) in [6, 6.07) is 19.0. The van der Waals surface area contributed by atoms with E-state index < -0.39 is 12.1 Å². The molecular weight excluding hydrogens is 260 g/mol. The van der Waals surface area contributed by atoms with Gasteiger partial charge in [0.2, 0.25) is 0 Å². The van der Waals surface area contributed by atoms with Crippen molar-refractivity contribution in [2.24, 2.45) is 0 Å². The van der Waals surface area contributed by atoms with Crippen LogP contribution >= 0.6 is 0 Å². The molecule has 0 heterocycles. The Morgan fingerprint density at radius 3 is 2.24 bits per heavy atom. The molecule has 2 heteroatoms. The first-order valence-corrected chi connectivity index (χ1v) is 6.54. The molecule has 0 fully saturated rings. The van der Waals surface area contributed by atoms with Crippen molar-refractivity contribution in [1.82, 2.24) is 0 Å². The first-order chi connectivity index (χ1) is 10.3. The lowest BCUT2D eigenvalue weighted by Crippen LogP contribution is -2.08. The van der Waals surface area contributed by atoms with Crippen molar-refractivity contribution >= 4 is 5.97 Å². The maximum absolute atomic E-state index is 11.6. The average Bonchev–Trinajstić information content (AvgIpc) is 2.53. The SMILES string of the molecule is CC#CC(=O)OC(C#Cc1ccccc1)c1ccccc1. The molecule has 1 atom stereocenters. The standard InChI is InChI=1S/C19H14O2/c1-2-9-19(20)21-18(17-12-7-4-8-13-17)15-14-16-10-5-3-6-11-16/h3-8,10-13,18H,1H3. The lowest BCUT2D eigenvalue weighted by Gasteiger charge is -2.10. The fraction of sp³-hybridized carbons (Fsp3) is 0.105. The molecule has 2 nitrogen and oxygen atoms in total. The Labute approximate surface area is 124 Å². The number of hydrogen-bond donors (Lipinski definition) is 0. The Balaban J connectivity index is 2.26. The van der Waals surface area contributed by atoms with Crippen molar-refractivity contribution in [3.8, 4) is 23.7 Å². The third-order valence-electron chi connectivity index (χ3n) is 2.68. The number of rotatable bonds is 2. The molecule has 1 unspecified atom stereocenters. The van der Waals surface area contributed by atoms with Gasteiger partial charge in [-0.05, 0) is 25.0 Å². The average molecular weight is 274 g/mol. The molecule has 102 valence electrons. The zero-order valence-electron chi connectivity index (χ0n) is 11.7. The highest BCUT2D eigenvalue weighted by molar-refractivity contribution is 5.88. The Kier molecular flexibility index (Phi) is 5.21. The van der Waals surface area contributed by atoms with E-state index in [-0.39, 0.29) is 0 Å². The summed E-state index contributed by atoms with van der Waals surface area (Å²) in [7, 11) is 0. The summed E-state index contributed by atoms with van der Waals surface area (Å²) in [5, 5.41) is 0. The van der Waals surface area contributed by atoms with Crippen molar-refractivity contribution < 1.29 is 9.53 Å². The van der Waals surface area contributed by atoms with Gasteiger partial charge in [-0.1, -0.05) is 60.4 Å². The van der Waals surface area contributed by atoms with E-state index in [1.807, 2.05) is 60.7 Å². The normalized spacial score (nSPS) is 10.3. The van der Waals surface area contributed by atoms with Gasteiger partial charge in [-0.3, -0.25) is 0 Å². The van der Waals surface area contributed by atoms with Gasteiger partial charge in [0, 0.05) is 17.0 Å². The summed E-state index contributed by atoms with van der Waals surface area (Å²) in [5.74, 6) is 10.3. The summed E-state index contributed by atoms with van der Waals surface area (Å²) in [4.78, 5) is 11.6. The second kappa shape index (κ2) is 7.58. The number of hydrogen-bond acceptors (Lipinski definition) is 2. The molecule has 0 aliphatic rings. The smallest absolute Gasteiger partial charge is 0.385 e. The molecule has 0 saturated heterocycles. The Morgan fingerprint density at radius 1 is 1.00 bits per heavy atom. The summed E-state index contributed by atoms with van der Waals surface area (Å²) >= 11 is 0. The second-order valence-corrected chi connectivity index (χ2v) is 4.21. The molecule has 0 saturated carbocycles. The third kappa shape index (κ3) is 4.56. The maximum atomic E-state index is 11.6. The van der Waals surface area contributed by atoms with Crippen molar-refractivity contribution in [2.75, 3.05) is 0 Å². The van der Waals surface area contributed by atoms with Crippen LogP contribution in [0.25, 0.3) is 0 Å². The zero-order chi connectivity index (χ0) is 14.9. The molecule has 2 aromatic rings. The van der Waals surface area contributed by atoms with Gasteiger partial charge in [0.15, 0.2) is 6.10 Å². The van der Waals surface area contributed by atoms with E-state index in [9.17, 15) is 4.79 Å². The first-order valence-electron chi connectivity index (χ1n) is 6.54. The van der Waals surface area contributed by atoms with E-state index in [4.69, 9.17) is 4.74 Å². The predicted octanol–water partition coefficient (Wildman–Crippen LogP) is 3.35. The Bertz CT molecular complexity index is 710. The van der Waals surface area contributed by atoms with Crippen LogP contribution in [0.3, 0.4) is 0 Å². The minimum atomic E-state index is -0.625. The van der Waals surface area contributed by atoms with Gasteiger partial charge in [0.05, 0.1) is 0 Å². The van der Waals surface area contributed by atoms with Crippen molar-refractivity contribution in [3.63, 3.8) is 0 Å². The van der Waals surface area contributed by atoms with E-state index >= 15 is 0 Å². The molecule has 0 radical (unpaired) electrons. The minimum absolute atomic E-state index is 0.575. The fourth-order valence-electron chi connectivity index (χ4n) is 1.72. The molecule has 0 bridgehead atoms.